The Morgan fingerprint density at radius 3 is 1.86 bits per heavy atom. The summed E-state index contributed by atoms with van der Waals surface area (Å²) in [5, 5.41) is 0. The molecule has 0 heterocycles. The molecule has 1 rings (SSSR count). The summed E-state index contributed by atoms with van der Waals surface area (Å²) in [5.41, 5.74) is 5.59. The lowest BCUT2D eigenvalue weighted by atomic mass is 9.92. The van der Waals surface area contributed by atoms with Crippen LogP contribution < -0.4 is 0 Å². The van der Waals surface area contributed by atoms with Crippen molar-refractivity contribution in [3.8, 4) is 0 Å². The second-order valence-corrected chi connectivity index (χ2v) is 6.08. The molecule has 0 saturated heterocycles. The van der Waals surface area contributed by atoms with E-state index in [1.54, 1.807) is 0 Å². The van der Waals surface area contributed by atoms with Crippen molar-refractivity contribution in [3.05, 3.63) is 34.4 Å². The Morgan fingerprint density at radius 2 is 1.50 bits per heavy atom. The van der Waals surface area contributed by atoms with Gasteiger partial charge < -0.3 is 0 Å². The highest BCUT2D eigenvalue weighted by Gasteiger charge is 2.15. The number of hydrogen-bond acceptors (Lipinski definition) is 1. The first-order chi connectivity index (χ1) is 6.29. The summed E-state index contributed by atoms with van der Waals surface area (Å²) in [6.45, 7) is 10.9. The fourth-order valence-corrected chi connectivity index (χ4v) is 2.08. The monoisotopic (exact) mass is 208 g/mol. The van der Waals surface area contributed by atoms with E-state index in [1.807, 2.05) is 0 Å². The van der Waals surface area contributed by atoms with Crippen molar-refractivity contribution in [2.75, 3.05) is 0 Å². The molecule has 0 bridgehead atoms. The van der Waals surface area contributed by atoms with E-state index in [0.717, 1.165) is 6.42 Å². The highest BCUT2D eigenvalue weighted by Crippen LogP contribution is 2.24. The van der Waals surface area contributed by atoms with Crippen molar-refractivity contribution in [2.24, 2.45) is 0 Å². The van der Waals surface area contributed by atoms with Crippen molar-refractivity contribution in [2.45, 2.75) is 45.8 Å². The van der Waals surface area contributed by atoms with E-state index in [4.69, 9.17) is 0 Å². The van der Waals surface area contributed by atoms with E-state index in [0.29, 0.717) is 0 Å². The lowest BCUT2D eigenvalue weighted by Gasteiger charge is -2.21. The summed E-state index contributed by atoms with van der Waals surface area (Å²) >= 11 is 4.59. The molecule has 14 heavy (non-hydrogen) atoms. The minimum absolute atomic E-state index is 0.0742. The standard InChI is InChI=1S/C13H20S/c1-9-6-10(2)12(11(3)7-9)8-13(4,5)14/h6-7,14H,8H2,1-5H3. The number of hydrogen-bond donors (Lipinski definition) is 1. The molecule has 0 aliphatic carbocycles. The SMILES string of the molecule is Cc1cc(C)c(CC(C)(C)S)c(C)c1. The zero-order valence-corrected chi connectivity index (χ0v) is 10.7. The van der Waals surface area contributed by atoms with Gasteiger partial charge >= 0.3 is 0 Å². The third-order valence-electron chi connectivity index (χ3n) is 2.45. The molecule has 0 aromatic heterocycles. The highest BCUT2D eigenvalue weighted by atomic mass is 32.1. The first kappa shape index (κ1) is 11.6. The molecule has 0 aliphatic rings. The van der Waals surface area contributed by atoms with E-state index in [1.165, 1.54) is 22.3 Å². The van der Waals surface area contributed by atoms with Crippen LogP contribution in [0.2, 0.25) is 0 Å². The lowest BCUT2D eigenvalue weighted by Crippen LogP contribution is -2.16. The third-order valence-corrected chi connectivity index (χ3v) is 2.61. The largest absolute Gasteiger partial charge is 0.173 e. The molecule has 0 unspecified atom stereocenters. The Bertz CT molecular complexity index is 309. The van der Waals surface area contributed by atoms with E-state index >= 15 is 0 Å². The molecule has 0 spiro atoms. The predicted molar refractivity (Wildman–Crippen MR) is 67.4 cm³/mol. The van der Waals surface area contributed by atoms with E-state index in [9.17, 15) is 0 Å². The van der Waals surface area contributed by atoms with Gasteiger partial charge in [0.1, 0.15) is 0 Å². The van der Waals surface area contributed by atoms with Crippen LogP contribution in [0.15, 0.2) is 12.1 Å². The topological polar surface area (TPSA) is 0 Å². The smallest absolute Gasteiger partial charge is 0.0114 e. The maximum Gasteiger partial charge on any atom is 0.0114 e. The first-order valence-electron chi connectivity index (χ1n) is 5.09. The van der Waals surface area contributed by atoms with Crippen molar-refractivity contribution >= 4 is 12.6 Å². The average Bonchev–Trinajstić information content (AvgIpc) is 1.95. The Kier molecular flexibility index (Phi) is 3.31. The summed E-state index contributed by atoms with van der Waals surface area (Å²) in [7, 11) is 0. The molecular formula is C13H20S. The molecule has 0 N–H and O–H groups in total. The first-order valence-corrected chi connectivity index (χ1v) is 5.53. The van der Waals surface area contributed by atoms with Gasteiger partial charge in [-0.3, -0.25) is 0 Å². The minimum Gasteiger partial charge on any atom is -0.173 e. The fourth-order valence-electron chi connectivity index (χ4n) is 1.92. The van der Waals surface area contributed by atoms with Gasteiger partial charge in [0.2, 0.25) is 0 Å². The molecular weight excluding hydrogens is 188 g/mol. The van der Waals surface area contributed by atoms with Gasteiger partial charge in [0.05, 0.1) is 0 Å². The number of benzene rings is 1. The van der Waals surface area contributed by atoms with Crippen LogP contribution in [-0.4, -0.2) is 4.75 Å². The van der Waals surface area contributed by atoms with Crippen LogP contribution in [0.3, 0.4) is 0 Å². The summed E-state index contributed by atoms with van der Waals surface area (Å²) in [6.07, 6.45) is 1.04. The second kappa shape index (κ2) is 3.98. The summed E-state index contributed by atoms with van der Waals surface area (Å²) < 4.78 is 0.0742. The Balaban J connectivity index is 3.09. The van der Waals surface area contributed by atoms with Crippen LogP contribution in [0.5, 0.6) is 0 Å². The van der Waals surface area contributed by atoms with E-state index in [-0.39, 0.29) is 4.75 Å². The van der Waals surface area contributed by atoms with E-state index < -0.39 is 0 Å². The summed E-state index contributed by atoms with van der Waals surface area (Å²) in [4.78, 5) is 0. The van der Waals surface area contributed by atoms with Crippen LogP contribution >= 0.6 is 12.6 Å². The molecule has 0 aliphatic heterocycles. The van der Waals surface area contributed by atoms with Gasteiger partial charge in [0.15, 0.2) is 0 Å². The molecule has 0 amide bonds. The Morgan fingerprint density at radius 1 is 1.07 bits per heavy atom. The van der Waals surface area contributed by atoms with Gasteiger partial charge in [-0.05, 0) is 43.9 Å². The highest BCUT2D eigenvalue weighted by molar-refractivity contribution is 7.81. The molecule has 1 aromatic carbocycles. The lowest BCUT2D eigenvalue weighted by molar-refractivity contribution is 0.708. The van der Waals surface area contributed by atoms with Crippen molar-refractivity contribution in [1.29, 1.82) is 0 Å². The van der Waals surface area contributed by atoms with E-state index in [2.05, 4.69) is 59.4 Å². The van der Waals surface area contributed by atoms with Gasteiger partial charge in [-0.15, -0.1) is 0 Å². The third kappa shape index (κ3) is 3.06. The number of rotatable bonds is 2. The molecule has 78 valence electrons. The van der Waals surface area contributed by atoms with Gasteiger partial charge in [-0.1, -0.05) is 31.5 Å². The van der Waals surface area contributed by atoms with Gasteiger partial charge in [-0.25, -0.2) is 0 Å². The summed E-state index contributed by atoms with van der Waals surface area (Å²) in [6, 6.07) is 4.50. The van der Waals surface area contributed by atoms with Crippen LogP contribution in [-0.2, 0) is 6.42 Å². The van der Waals surface area contributed by atoms with Gasteiger partial charge in [0.25, 0.3) is 0 Å². The summed E-state index contributed by atoms with van der Waals surface area (Å²) in [5.74, 6) is 0. The fraction of sp³-hybridized carbons (Fsp3) is 0.538. The van der Waals surface area contributed by atoms with Crippen molar-refractivity contribution in [3.63, 3.8) is 0 Å². The Hall–Kier alpha value is -0.430. The maximum absolute atomic E-state index is 4.59. The van der Waals surface area contributed by atoms with Crippen molar-refractivity contribution in [1.82, 2.24) is 0 Å². The zero-order chi connectivity index (χ0) is 10.9. The average molecular weight is 208 g/mol. The quantitative estimate of drug-likeness (QED) is 0.701. The molecule has 1 aromatic rings. The number of aryl methyl sites for hydroxylation is 3. The predicted octanol–water partition coefficient (Wildman–Crippen LogP) is 3.86. The van der Waals surface area contributed by atoms with Crippen LogP contribution in [0.25, 0.3) is 0 Å². The van der Waals surface area contributed by atoms with Gasteiger partial charge in [-0.2, -0.15) is 12.6 Å². The maximum atomic E-state index is 4.59. The van der Waals surface area contributed by atoms with Crippen LogP contribution in [0, 0.1) is 20.8 Å². The van der Waals surface area contributed by atoms with Crippen LogP contribution in [0.1, 0.15) is 36.1 Å². The molecule has 1 heteroatoms. The van der Waals surface area contributed by atoms with Crippen LogP contribution in [0.4, 0.5) is 0 Å². The molecule has 0 nitrogen and oxygen atoms in total. The molecule has 0 saturated carbocycles. The normalized spacial score (nSPS) is 11.9. The number of thiol groups is 1. The zero-order valence-electron chi connectivity index (χ0n) is 9.81. The Labute approximate surface area is 93.1 Å². The second-order valence-electron chi connectivity index (χ2n) is 4.87. The van der Waals surface area contributed by atoms with Gasteiger partial charge in [0, 0.05) is 4.75 Å². The molecule has 0 radical (unpaired) electrons. The van der Waals surface area contributed by atoms with Crippen molar-refractivity contribution < 1.29 is 0 Å². The molecule has 0 atom stereocenters. The minimum atomic E-state index is 0.0742. The molecule has 0 fully saturated rings.